The average Bonchev–Trinajstić information content (AvgIpc) is 3.09. The number of hydrogen-bond acceptors (Lipinski definition) is 9. The monoisotopic (exact) mass is 491 g/mol. The first-order chi connectivity index (χ1) is 16.9. The Kier molecular flexibility index (Phi) is 9.70. The Balaban J connectivity index is 1.44. The molecule has 5 amide bonds. The van der Waals surface area contributed by atoms with Crippen LogP contribution in [-0.2, 0) is 28.6 Å². The number of hydrogen-bond donors (Lipinski definition) is 2. The van der Waals surface area contributed by atoms with E-state index in [1.165, 1.54) is 18.2 Å². The van der Waals surface area contributed by atoms with Gasteiger partial charge < -0.3 is 24.3 Å². The Hall–Kier alpha value is -3.35. The van der Waals surface area contributed by atoms with Crippen molar-refractivity contribution in [3.8, 4) is 5.75 Å². The van der Waals surface area contributed by atoms with E-state index in [0.717, 1.165) is 4.90 Å². The van der Waals surface area contributed by atoms with Crippen molar-refractivity contribution in [3.05, 3.63) is 29.3 Å². The zero-order chi connectivity index (χ0) is 25.2. The number of ether oxygens (including phenoxy) is 4. The summed E-state index contributed by atoms with van der Waals surface area (Å²) in [5, 5.41) is 4.78. The van der Waals surface area contributed by atoms with E-state index in [9.17, 15) is 24.0 Å². The van der Waals surface area contributed by atoms with E-state index in [0.29, 0.717) is 33.0 Å². The molecule has 12 heteroatoms. The highest BCUT2D eigenvalue weighted by Gasteiger charge is 2.46. The standard InChI is InChI=1S/C23H29N3O9/c1-2-32-10-11-34-13-12-33-9-8-24-19(28)14-35-17-5-3-4-15-20(17)23(31)26(22(15)30)16-6-7-18(27)25-21(16)29/h3-5,16H,2,6-14H2,1H3,(H,24,28)(H,25,27,29). The highest BCUT2D eigenvalue weighted by Crippen LogP contribution is 2.33. The van der Waals surface area contributed by atoms with Crippen LogP contribution in [0.25, 0.3) is 0 Å². The van der Waals surface area contributed by atoms with E-state index in [2.05, 4.69) is 10.6 Å². The van der Waals surface area contributed by atoms with Crippen molar-refractivity contribution in [2.24, 2.45) is 0 Å². The number of rotatable bonds is 14. The zero-order valence-electron chi connectivity index (χ0n) is 19.5. The van der Waals surface area contributed by atoms with Crippen LogP contribution in [0.5, 0.6) is 5.75 Å². The highest BCUT2D eigenvalue weighted by molar-refractivity contribution is 6.24. The molecule has 0 aliphatic carbocycles. The largest absolute Gasteiger partial charge is 0.483 e. The first-order valence-electron chi connectivity index (χ1n) is 11.4. The molecule has 2 aliphatic rings. The Labute approximate surface area is 202 Å². The van der Waals surface area contributed by atoms with Crippen LogP contribution in [0.2, 0.25) is 0 Å². The van der Waals surface area contributed by atoms with Crippen molar-refractivity contribution >= 4 is 29.5 Å². The Bertz CT molecular complexity index is 966. The lowest BCUT2D eigenvalue weighted by atomic mass is 10.0. The fraction of sp³-hybridized carbons (Fsp3) is 0.522. The Morgan fingerprint density at radius 3 is 2.46 bits per heavy atom. The van der Waals surface area contributed by atoms with Crippen molar-refractivity contribution in [2.75, 3.05) is 52.8 Å². The third-order valence-corrected chi connectivity index (χ3v) is 5.31. The Morgan fingerprint density at radius 2 is 1.74 bits per heavy atom. The van der Waals surface area contributed by atoms with Crippen LogP contribution < -0.4 is 15.4 Å². The molecule has 1 aromatic carbocycles. The quantitative estimate of drug-likeness (QED) is 0.263. The predicted octanol–water partition coefficient (Wildman–Crippen LogP) is -0.347. The minimum absolute atomic E-state index is 0.0114. The number of imide groups is 2. The summed E-state index contributed by atoms with van der Waals surface area (Å²) in [5.41, 5.74) is 0.0668. The van der Waals surface area contributed by atoms with Crippen molar-refractivity contribution in [3.63, 3.8) is 0 Å². The first kappa shape index (κ1) is 26.3. The van der Waals surface area contributed by atoms with Crippen molar-refractivity contribution in [1.82, 2.24) is 15.5 Å². The van der Waals surface area contributed by atoms with Crippen LogP contribution in [0.4, 0.5) is 0 Å². The van der Waals surface area contributed by atoms with Gasteiger partial charge in [-0.3, -0.25) is 34.2 Å². The molecule has 1 unspecified atom stereocenters. The molecular formula is C23H29N3O9. The van der Waals surface area contributed by atoms with Crippen molar-refractivity contribution in [1.29, 1.82) is 0 Å². The van der Waals surface area contributed by atoms with Gasteiger partial charge in [0.1, 0.15) is 11.8 Å². The van der Waals surface area contributed by atoms with Crippen LogP contribution in [0.1, 0.15) is 40.5 Å². The van der Waals surface area contributed by atoms with Gasteiger partial charge in [-0.1, -0.05) is 6.07 Å². The Morgan fingerprint density at radius 1 is 1.03 bits per heavy atom. The minimum Gasteiger partial charge on any atom is -0.483 e. The number of benzene rings is 1. The van der Waals surface area contributed by atoms with Gasteiger partial charge in [0.25, 0.3) is 17.7 Å². The summed E-state index contributed by atoms with van der Waals surface area (Å²) in [4.78, 5) is 62.4. The van der Waals surface area contributed by atoms with Crippen LogP contribution in [-0.4, -0.2) is 93.3 Å². The molecule has 0 aromatic heterocycles. The summed E-state index contributed by atoms with van der Waals surface area (Å²) in [7, 11) is 0. The van der Waals surface area contributed by atoms with Crippen molar-refractivity contribution in [2.45, 2.75) is 25.8 Å². The smallest absolute Gasteiger partial charge is 0.266 e. The van der Waals surface area contributed by atoms with Crippen LogP contribution in [0.3, 0.4) is 0 Å². The molecule has 3 rings (SSSR count). The first-order valence-corrected chi connectivity index (χ1v) is 11.4. The maximum Gasteiger partial charge on any atom is 0.266 e. The van der Waals surface area contributed by atoms with Crippen LogP contribution >= 0.6 is 0 Å². The molecular weight excluding hydrogens is 462 g/mol. The van der Waals surface area contributed by atoms with Gasteiger partial charge in [-0.2, -0.15) is 0 Å². The van der Waals surface area contributed by atoms with E-state index < -0.39 is 35.6 Å². The number of carbonyl (C=O) groups is 5. The van der Waals surface area contributed by atoms with E-state index in [1.54, 1.807) is 0 Å². The third-order valence-electron chi connectivity index (χ3n) is 5.31. The molecule has 0 bridgehead atoms. The van der Waals surface area contributed by atoms with Crippen LogP contribution in [0.15, 0.2) is 18.2 Å². The minimum atomic E-state index is -1.08. The molecule has 1 fully saturated rings. The molecule has 2 aliphatic heterocycles. The fourth-order valence-electron chi connectivity index (χ4n) is 3.65. The van der Waals surface area contributed by atoms with Gasteiger partial charge in [0.15, 0.2) is 6.61 Å². The number of amides is 5. The van der Waals surface area contributed by atoms with Gasteiger partial charge in [0, 0.05) is 19.6 Å². The second-order valence-electron chi connectivity index (χ2n) is 7.69. The molecule has 0 radical (unpaired) electrons. The van der Waals surface area contributed by atoms with Gasteiger partial charge in [-0.25, -0.2) is 0 Å². The van der Waals surface area contributed by atoms with Gasteiger partial charge >= 0.3 is 0 Å². The molecule has 12 nitrogen and oxygen atoms in total. The number of nitrogens with zero attached hydrogens (tertiary/aromatic N) is 1. The summed E-state index contributed by atoms with van der Waals surface area (Å²) in [6, 6.07) is 3.37. The molecule has 0 saturated carbocycles. The lowest BCUT2D eigenvalue weighted by Crippen LogP contribution is -2.54. The molecule has 1 atom stereocenters. The molecule has 1 aromatic rings. The second-order valence-corrected chi connectivity index (χ2v) is 7.69. The third kappa shape index (κ3) is 6.84. The van der Waals surface area contributed by atoms with Gasteiger partial charge in [0.05, 0.1) is 44.2 Å². The molecule has 35 heavy (non-hydrogen) atoms. The van der Waals surface area contributed by atoms with E-state index in [4.69, 9.17) is 18.9 Å². The van der Waals surface area contributed by atoms with E-state index >= 15 is 0 Å². The normalized spacial score (nSPS) is 17.4. The molecule has 190 valence electrons. The van der Waals surface area contributed by atoms with Crippen molar-refractivity contribution < 1.29 is 42.9 Å². The van der Waals surface area contributed by atoms with Gasteiger partial charge in [-0.15, -0.1) is 0 Å². The number of piperidine rings is 1. The summed E-state index contributed by atoms with van der Waals surface area (Å²) >= 11 is 0. The van der Waals surface area contributed by atoms with E-state index in [-0.39, 0.29) is 49.5 Å². The SMILES string of the molecule is CCOCCOCCOCCNC(=O)COc1cccc2c1C(=O)N(C1CCC(=O)NC1=O)C2=O. The summed E-state index contributed by atoms with van der Waals surface area (Å²) in [6.45, 7) is 4.55. The molecule has 2 heterocycles. The molecule has 2 N–H and O–H groups in total. The lowest BCUT2D eigenvalue weighted by molar-refractivity contribution is -0.136. The number of fused-ring (bicyclic) bond motifs is 1. The summed E-state index contributed by atoms with van der Waals surface area (Å²) in [6.07, 6.45) is 0.0776. The van der Waals surface area contributed by atoms with Crippen LogP contribution in [0, 0.1) is 0 Å². The summed E-state index contributed by atoms with van der Waals surface area (Å²) < 4.78 is 21.3. The van der Waals surface area contributed by atoms with E-state index in [1.807, 2.05) is 6.92 Å². The van der Waals surface area contributed by atoms with Gasteiger partial charge in [0.2, 0.25) is 11.8 Å². The summed E-state index contributed by atoms with van der Waals surface area (Å²) in [5.74, 6) is -2.86. The average molecular weight is 491 g/mol. The maximum atomic E-state index is 13.0. The predicted molar refractivity (Wildman–Crippen MR) is 120 cm³/mol. The maximum absolute atomic E-state index is 13.0. The highest BCUT2D eigenvalue weighted by atomic mass is 16.5. The topological polar surface area (TPSA) is 150 Å². The number of nitrogens with one attached hydrogen (secondary N) is 2. The molecule has 1 saturated heterocycles. The number of carbonyl (C=O) groups excluding carboxylic acids is 5. The molecule has 0 spiro atoms. The van der Waals surface area contributed by atoms with Gasteiger partial charge in [-0.05, 0) is 25.5 Å². The fourth-order valence-corrected chi connectivity index (χ4v) is 3.65. The second kappa shape index (κ2) is 12.9. The lowest BCUT2D eigenvalue weighted by Gasteiger charge is -2.27. The zero-order valence-corrected chi connectivity index (χ0v) is 19.5.